The lowest BCUT2D eigenvalue weighted by atomic mass is 9.82. The van der Waals surface area contributed by atoms with Gasteiger partial charge in [0.1, 0.15) is 0 Å². The van der Waals surface area contributed by atoms with Gasteiger partial charge in [-0.25, -0.2) is 0 Å². The van der Waals surface area contributed by atoms with E-state index < -0.39 is 40.2 Å². The Labute approximate surface area is 514 Å². The normalized spacial score (nSPS) is 11.6. The molecular weight excluding hydrogens is 1450 g/mol. The first-order valence-corrected chi connectivity index (χ1v) is 26.6. The molecule has 0 atom stereocenters. The molecule has 0 aliphatic rings. The molecule has 6 rings (SSSR count). The summed E-state index contributed by atoms with van der Waals surface area (Å²) in [5.74, 6) is -0.477. The van der Waals surface area contributed by atoms with Crippen LogP contribution in [0.15, 0.2) is 0 Å². The lowest BCUT2D eigenvalue weighted by Crippen LogP contribution is -2.13. The van der Waals surface area contributed by atoms with Crippen molar-refractivity contribution in [3.8, 4) is 11.1 Å². The molecule has 0 aromatic heterocycles. The summed E-state index contributed by atoms with van der Waals surface area (Å²) in [6.45, 7) is 0. The maximum absolute atomic E-state index is 7.19. The lowest BCUT2D eigenvalue weighted by Gasteiger charge is -2.35. The summed E-state index contributed by atoms with van der Waals surface area (Å²) in [5.41, 5.74) is -1.93. The molecule has 0 heterocycles. The van der Waals surface area contributed by atoms with E-state index >= 15 is 0 Å². The van der Waals surface area contributed by atoms with Crippen molar-refractivity contribution in [2.24, 2.45) is 0 Å². The van der Waals surface area contributed by atoms with Gasteiger partial charge in [-0.2, -0.15) is 0 Å². The second-order valence-electron chi connectivity index (χ2n) is 12.5. The summed E-state index contributed by atoms with van der Waals surface area (Å²) < 4.78 is 0. The Balaban J connectivity index is 1.77. The summed E-state index contributed by atoms with van der Waals surface area (Å²) in [4.78, 5) is 0. The molecule has 0 amide bonds. The number of halogens is 28. The fourth-order valence-corrected chi connectivity index (χ4v) is 14.0. The van der Waals surface area contributed by atoms with E-state index in [2.05, 4.69) is 0 Å². The van der Waals surface area contributed by atoms with Crippen LogP contribution in [0.5, 0.6) is 0 Å². The van der Waals surface area contributed by atoms with E-state index in [0.717, 1.165) is 0 Å². The Morgan fingerprint density at radius 1 is 0.121 bits per heavy atom. The van der Waals surface area contributed by atoms with Gasteiger partial charge < -0.3 is 0 Å². The smallest absolute Gasteiger partial charge is 0.0700 e. The highest BCUT2D eigenvalue weighted by atomic mass is 35.5. The van der Waals surface area contributed by atoms with Gasteiger partial charge in [0.2, 0.25) is 0 Å². The Hall–Kier alpha value is 3.18. The first kappa shape index (κ1) is 58.4. The van der Waals surface area contributed by atoms with Crippen LogP contribution in [0.1, 0.15) is 33.4 Å². The van der Waals surface area contributed by atoms with E-state index in [1.165, 1.54) is 0 Å². The van der Waals surface area contributed by atoms with E-state index in [0.29, 0.717) is 0 Å². The molecule has 0 radical (unpaired) electrons. The highest BCUT2D eigenvalue weighted by Gasteiger charge is 2.36. The van der Waals surface area contributed by atoms with Crippen LogP contribution >= 0.6 is 325 Å². The van der Waals surface area contributed by atoms with Gasteiger partial charge in [-0.05, 0) is 33.4 Å². The standard InChI is InChI=1S/C38Cl28/c39-11-3(1(5-19(47)27(55)35(63)28(56)20(5)48)6-21(49)29(57)36(64)30(58)22(6)50)12(40)16(44)9(15(11)43)10-17(45)13(41)4(14(42)18(10)46)2(7-23(51)31(59)37(65)32(60)24(7)52)8-25(53)33(61)38(66)34(62)26(8)54/q-2. The summed E-state index contributed by atoms with van der Waals surface area (Å²) in [6, 6.07) is 0. The number of hydrogen-bond donors (Lipinski definition) is 0. The SMILES string of the molecule is Clc1c(Cl)c(Cl)c([C-](c2c(Cl)c(Cl)c(Cl)c(Cl)c2Cl)c2c(Cl)c(Cl)c(-c3c(Cl)c(Cl)c([C-](c4c(Cl)c(Cl)c(Cl)c(Cl)c4Cl)c4c(Cl)c(Cl)c(Cl)c(Cl)c4Cl)c(Cl)c3Cl)c(Cl)c2Cl)c(Cl)c1Cl. The third kappa shape index (κ3) is 9.59. The van der Waals surface area contributed by atoms with Crippen molar-refractivity contribution >= 4 is 325 Å². The van der Waals surface area contributed by atoms with E-state index in [1.54, 1.807) is 0 Å². The van der Waals surface area contributed by atoms with Crippen LogP contribution in [0.3, 0.4) is 0 Å². The predicted molar refractivity (Wildman–Crippen MR) is 299 cm³/mol. The topological polar surface area (TPSA) is 0 Å². The maximum Gasteiger partial charge on any atom is 0.0700 e. The molecule has 0 fully saturated rings. The van der Waals surface area contributed by atoms with Crippen LogP contribution < -0.4 is 0 Å². The molecule has 0 aliphatic heterocycles. The quantitative estimate of drug-likeness (QED) is 0.0647. The van der Waals surface area contributed by atoms with Gasteiger partial charge >= 0.3 is 0 Å². The van der Waals surface area contributed by atoms with E-state index in [1.807, 2.05) is 0 Å². The van der Waals surface area contributed by atoms with Crippen molar-refractivity contribution in [2.75, 3.05) is 0 Å². The first-order valence-electron chi connectivity index (χ1n) is 16.0. The van der Waals surface area contributed by atoms with Gasteiger partial charge in [0.05, 0.1) is 60.3 Å². The van der Waals surface area contributed by atoms with Crippen LogP contribution in [0.2, 0.25) is 141 Å². The van der Waals surface area contributed by atoms with Crippen molar-refractivity contribution in [3.05, 3.63) is 186 Å². The molecule has 0 nitrogen and oxygen atoms in total. The highest BCUT2D eigenvalue weighted by molar-refractivity contribution is 6.61. The van der Waals surface area contributed by atoms with Crippen LogP contribution in [-0.2, 0) is 0 Å². The lowest BCUT2D eigenvalue weighted by molar-refractivity contribution is 1.22. The second-order valence-corrected chi connectivity index (χ2v) is 23.1. The zero-order chi connectivity index (χ0) is 49.9. The minimum absolute atomic E-state index is 0.214. The van der Waals surface area contributed by atoms with Crippen LogP contribution in [0.4, 0.5) is 0 Å². The van der Waals surface area contributed by atoms with Crippen LogP contribution in [-0.4, -0.2) is 0 Å². The van der Waals surface area contributed by atoms with Crippen LogP contribution in [0.25, 0.3) is 11.1 Å². The molecule has 0 saturated heterocycles. The molecule has 6 aromatic carbocycles. The molecule has 28 heteroatoms. The molecule has 0 aliphatic carbocycles. The summed E-state index contributed by atoms with van der Waals surface area (Å²) in [7, 11) is 0. The van der Waals surface area contributed by atoms with Crippen molar-refractivity contribution in [3.63, 3.8) is 0 Å². The van der Waals surface area contributed by atoms with Gasteiger partial charge in [-0.3, -0.25) is 0 Å². The van der Waals surface area contributed by atoms with E-state index in [-0.39, 0.29) is 157 Å². The zero-order valence-electron chi connectivity index (χ0n) is 29.6. The summed E-state index contributed by atoms with van der Waals surface area (Å²) >= 11 is 190. The molecule has 6 aromatic rings. The van der Waals surface area contributed by atoms with Gasteiger partial charge in [-0.1, -0.05) is 197 Å². The average molecular weight is 1450 g/mol. The van der Waals surface area contributed by atoms with Gasteiger partial charge in [0.25, 0.3) is 0 Å². The molecule has 350 valence electrons. The zero-order valence-corrected chi connectivity index (χ0v) is 50.7. The second kappa shape index (κ2) is 22.4. The molecule has 0 spiro atoms. The van der Waals surface area contributed by atoms with Crippen molar-refractivity contribution in [2.45, 2.75) is 0 Å². The Morgan fingerprint density at radius 2 is 0.212 bits per heavy atom. The van der Waals surface area contributed by atoms with Crippen LogP contribution in [0, 0.1) is 11.8 Å². The molecule has 0 saturated carbocycles. The number of hydrogen-bond acceptors (Lipinski definition) is 0. The molecule has 0 N–H and O–H groups in total. The number of benzene rings is 6. The molecular formula is C38Cl28-2. The van der Waals surface area contributed by atoms with E-state index in [9.17, 15) is 0 Å². The molecule has 0 unspecified atom stereocenters. The van der Waals surface area contributed by atoms with Crippen molar-refractivity contribution in [1.29, 1.82) is 0 Å². The van der Waals surface area contributed by atoms with Gasteiger partial charge in [-0.15, -0.1) is 139 Å². The van der Waals surface area contributed by atoms with Crippen molar-refractivity contribution < 1.29 is 0 Å². The first-order chi connectivity index (χ1) is 30.5. The van der Waals surface area contributed by atoms with E-state index in [4.69, 9.17) is 325 Å². The summed E-state index contributed by atoms with van der Waals surface area (Å²) in [5, 5.41) is -9.12. The minimum atomic E-state index is -0.427. The highest BCUT2D eigenvalue weighted by Crippen LogP contribution is 2.63. The fraction of sp³-hybridized carbons (Fsp3) is 0. The number of rotatable bonds is 7. The van der Waals surface area contributed by atoms with Gasteiger partial charge in [0.15, 0.2) is 0 Å². The third-order valence-electron chi connectivity index (χ3n) is 9.12. The maximum atomic E-state index is 7.19. The molecule has 66 heavy (non-hydrogen) atoms. The predicted octanol–water partition coefficient (Wildman–Crippen LogP) is 27.7. The minimum Gasteiger partial charge on any atom is -0.118 e. The third-order valence-corrected chi connectivity index (χ3v) is 21.6. The Bertz CT molecular complexity index is 2620. The fourth-order valence-electron chi connectivity index (χ4n) is 6.19. The Morgan fingerprint density at radius 3 is 0.333 bits per heavy atom. The Kier molecular flexibility index (Phi) is 19.8. The van der Waals surface area contributed by atoms with Crippen molar-refractivity contribution in [1.82, 2.24) is 0 Å². The van der Waals surface area contributed by atoms with Gasteiger partial charge in [0, 0.05) is 91.5 Å². The monoisotopic (exact) mass is 1440 g/mol. The largest absolute Gasteiger partial charge is 0.118 e. The molecule has 0 bridgehead atoms. The summed E-state index contributed by atoms with van der Waals surface area (Å²) in [6.07, 6.45) is 0. The average Bonchev–Trinajstić information content (AvgIpc) is 3.28.